The van der Waals surface area contributed by atoms with Gasteiger partial charge in [-0.3, -0.25) is 19.6 Å². The van der Waals surface area contributed by atoms with E-state index in [0.717, 1.165) is 66.2 Å². The Morgan fingerprint density at radius 1 is 0.562 bits per heavy atom. The summed E-state index contributed by atoms with van der Waals surface area (Å²) in [7, 11) is 3.43. The molecule has 80 heavy (non-hydrogen) atoms. The average Bonchev–Trinajstić information content (AvgIpc) is 3.45. The van der Waals surface area contributed by atoms with Crippen molar-refractivity contribution < 1.29 is 38.2 Å². The Morgan fingerprint density at radius 2 is 0.988 bits per heavy atom. The van der Waals surface area contributed by atoms with Gasteiger partial charge in [0, 0.05) is 67.1 Å². The SMILES string of the molecule is CNCC(C(=O)Nc1ccc2cnccc2c1)c1ccc(COC(=O)c2ccc(C)cc2C)cc1.Cc1ccc(C(=O)OCc2ccc(C(CN(C)C(=O)OC(C)(C)C)C(=O)Nc3ccc4cnccc4c3)cc2)c(C)c1.ClCCl. The molecule has 0 aliphatic carbocycles. The van der Waals surface area contributed by atoms with Crippen LogP contribution >= 0.6 is 23.2 Å². The summed E-state index contributed by atoms with van der Waals surface area (Å²) in [6.45, 7) is 14.0. The van der Waals surface area contributed by atoms with E-state index in [1.54, 1.807) is 64.7 Å². The molecule has 0 aliphatic rings. The van der Waals surface area contributed by atoms with Crippen LogP contribution in [0.2, 0.25) is 0 Å². The van der Waals surface area contributed by atoms with Crippen molar-refractivity contribution in [2.75, 3.05) is 43.2 Å². The number of aromatic nitrogens is 2. The highest BCUT2D eigenvalue weighted by molar-refractivity contribution is 6.40. The van der Waals surface area contributed by atoms with Gasteiger partial charge in [-0.25, -0.2) is 14.4 Å². The topological polar surface area (TPSA) is 178 Å². The minimum atomic E-state index is -0.692. The molecule has 0 aliphatic heterocycles. The number of esters is 2. The number of carbonyl (C=O) groups is 5. The van der Waals surface area contributed by atoms with E-state index in [9.17, 15) is 24.0 Å². The summed E-state index contributed by atoms with van der Waals surface area (Å²) in [5.41, 5.74) is 8.98. The number of halogens is 2. The number of likely N-dealkylation sites (N-methyl/N-ethyl adjacent to an activating group) is 2. The van der Waals surface area contributed by atoms with Gasteiger partial charge >= 0.3 is 18.0 Å². The third-order valence-electron chi connectivity index (χ3n) is 12.7. The lowest BCUT2D eigenvalue weighted by Gasteiger charge is -2.27. The average molecular weight is 1120 g/mol. The molecule has 0 radical (unpaired) electrons. The van der Waals surface area contributed by atoms with Crippen LogP contribution in [0, 0.1) is 27.7 Å². The van der Waals surface area contributed by atoms with E-state index in [4.69, 9.17) is 37.4 Å². The summed E-state index contributed by atoms with van der Waals surface area (Å²) in [5, 5.41) is 13.3. The first kappa shape index (κ1) is 61.0. The number of rotatable bonds is 16. The molecule has 8 aromatic rings. The Hall–Kier alpha value is -8.17. The molecule has 3 N–H and O–H groups in total. The number of amides is 3. The van der Waals surface area contributed by atoms with Gasteiger partial charge in [-0.15, -0.1) is 23.2 Å². The molecule has 3 amide bonds. The smallest absolute Gasteiger partial charge is 0.410 e. The molecule has 8 rings (SSSR count). The molecule has 0 fully saturated rings. The summed E-state index contributed by atoms with van der Waals surface area (Å²) < 4.78 is 16.6. The zero-order valence-corrected chi connectivity index (χ0v) is 48.1. The van der Waals surface area contributed by atoms with Gasteiger partial charge in [-0.2, -0.15) is 0 Å². The summed E-state index contributed by atoms with van der Waals surface area (Å²) in [5.74, 6) is -2.17. The van der Waals surface area contributed by atoms with Crippen molar-refractivity contribution in [3.8, 4) is 0 Å². The van der Waals surface area contributed by atoms with Gasteiger partial charge in [0.1, 0.15) is 18.8 Å². The highest BCUT2D eigenvalue weighted by atomic mass is 35.5. The van der Waals surface area contributed by atoms with Crippen LogP contribution in [-0.4, -0.2) is 82.8 Å². The fourth-order valence-corrected chi connectivity index (χ4v) is 8.61. The molecular formula is C64H68Cl2N6O8. The number of hydrogen-bond donors (Lipinski definition) is 3. The van der Waals surface area contributed by atoms with Gasteiger partial charge in [0.2, 0.25) is 11.8 Å². The number of carbonyl (C=O) groups excluding carboxylic acids is 5. The highest BCUT2D eigenvalue weighted by Gasteiger charge is 2.28. The van der Waals surface area contributed by atoms with Crippen LogP contribution in [0.25, 0.3) is 21.5 Å². The van der Waals surface area contributed by atoms with Crippen LogP contribution in [0.1, 0.15) is 97.8 Å². The summed E-state index contributed by atoms with van der Waals surface area (Å²) >= 11 is 9.53. The van der Waals surface area contributed by atoms with Gasteiger partial charge < -0.3 is 35.1 Å². The first-order valence-corrected chi connectivity index (χ1v) is 27.0. The van der Waals surface area contributed by atoms with Crippen LogP contribution in [0.4, 0.5) is 16.2 Å². The molecule has 0 spiro atoms. The number of benzene rings is 6. The van der Waals surface area contributed by atoms with Crippen LogP contribution in [0.5, 0.6) is 0 Å². The number of pyridine rings is 2. The largest absolute Gasteiger partial charge is 0.457 e. The normalized spacial score (nSPS) is 11.6. The first-order valence-electron chi connectivity index (χ1n) is 25.9. The minimum Gasteiger partial charge on any atom is -0.457 e. The molecule has 0 bridgehead atoms. The standard InChI is InChI=1S/C34H37N3O5.C29H29N3O3.CH2Cl2/c1-22-7-14-29(23(2)17-22)32(39)41-21-24-8-10-25(11-9-24)30(20-37(6)33(40)42-34(3,4)5)31(38)36-28-13-12-27-19-35-16-15-26(27)18-28;1-19-4-11-26(20(2)14-19)29(34)35-18-21-5-7-22(8-6-21)27(17-30-3)28(33)32-25-10-9-24-16-31-13-12-23(24)15-25;2-1-3/h7-19,30H,20-21H2,1-6H3,(H,36,38);4-16,27,30H,17-18H2,1-3H3,(H,32,33);1H2. The lowest BCUT2D eigenvalue weighted by molar-refractivity contribution is -0.118. The van der Waals surface area contributed by atoms with Gasteiger partial charge in [0.25, 0.3) is 0 Å². The van der Waals surface area contributed by atoms with E-state index in [1.165, 1.54) is 4.90 Å². The second-order valence-electron chi connectivity index (χ2n) is 20.3. The molecular weight excluding hydrogens is 1050 g/mol. The van der Waals surface area contributed by atoms with Crippen molar-refractivity contribution in [1.29, 1.82) is 0 Å². The van der Waals surface area contributed by atoms with Crippen molar-refractivity contribution in [3.05, 3.63) is 214 Å². The van der Waals surface area contributed by atoms with Crippen molar-refractivity contribution in [2.45, 2.75) is 79.1 Å². The van der Waals surface area contributed by atoms with E-state index in [1.807, 2.05) is 156 Å². The summed E-state index contributed by atoms with van der Waals surface area (Å²) in [6.07, 6.45) is 6.48. The lowest BCUT2D eigenvalue weighted by Crippen LogP contribution is -2.39. The van der Waals surface area contributed by atoms with Crippen molar-refractivity contribution in [3.63, 3.8) is 0 Å². The van der Waals surface area contributed by atoms with Gasteiger partial charge in [0.15, 0.2) is 0 Å². The van der Waals surface area contributed by atoms with Crippen molar-refractivity contribution in [1.82, 2.24) is 20.2 Å². The molecule has 0 saturated carbocycles. The van der Waals surface area contributed by atoms with Crippen LogP contribution < -0.4 is 16.0 Å². The maximum atomic E-state index is 13.6. The molecule has 2 heterocycles. The maximum Gasteiger partial charge on any atom is 0.410 e. The number of aryl methyl sites for hydroxylation is 4. The Balaban J connectivity index is 0.000000249. The first-order chi connectivity index (χ1) is 38.2. The zero-order chi connectivity index (χ0) is 57.9. The Kier molecular flexibility index (Phi) is 22.3. The van der Waals surface area contributed by atoms with Crippen LogP contribution in [0.15, 0.2) is 158 Å². The quantitative estimate of drug-likeness (QED) is 0.0476. The minimum absolute atomic E-state index is 0.0903. The molecule has 2 unspecified atom stereocenters. The van der Waals surface area contributed by atoms with E-state index in [0.29, 0.717) is 28.9 Å². The van der Waals surface area contributed by atoms with Crippen molar-refractivity contribution in [2.24, 2.45) is 0 Å². The molecule has 2 aromatic heterocycles. The number of nitrogens with zero attached hydrogens (tertiary/aromatic N) is 3. The second kappa shape index (κ2) is 29.2. The fourth-order valence-electron chi connectivity index (χ4n) is 8.61. The molecule has 16 heteroatoms. The van der Waals surface area contributed by atoms with Crippen LogP contribution in [0.3, 0.4) is 0 Å². The number of fused-ring (bicyclic) bond motifs is 2. The monoisotopic (exact) mass is 1120 g/mol. The third kappa shape index (κ3) is 17.9. The van der Waals surface area contributed by atoms with Crippen LogP contribution in [-0.2, 0) is 37.0 Å². The molecule has 416 valence electrons. The van der Waals surface area contributed by atoms with Gasteiger partial charge in [-0.05, 0) is 148 Å². The lowest BCUT2D eigenvalue weighted by atomic mass is 9.96. The van der Waals surface area contributed by atoms with Gasteiger partial charge in [0.05, 0.1) is 28.3 Å². The summed E-state index contributed by atoms with van der Waals surface area (Å²) in [4.78, 5) is 74.2. The molecule has 14 nitrogen and oxygen atoms in total. The number of alkyl halides is 2. The Morgan fingerprint density at radius 3 is 1.40 bits per heavy atom. The molecule has 6 aromatic carbocycles. The number of anilines is 2. The highest BCUT2D eigenvalue weighted by Crippen LogP contribution is 2.26. The van der Waals surface area contributed by atoms with E-state index >= 15 is 0 Å². The summed E-state index contributed by atoms with van der Waals surface area (Å²) in [6, 6.07) is 41.3. The Labute approximate surface area is 478 Å². The molecule has 2 atom stereocenters. The number of ether oxygens (including phenoxy) is 3. The predicted octanol–water partition coefficient (Wildman–Crippen LogP) is 13.4. The van der Waals surface area contributed by atoms with Gasteiger partial charge in [-0.1, -0.05) is 96.1 Å². The van der Waals surface area contributed by atoms with E-state index in [2.05, 4.69) is 25.9 Å². The van der Waals surface area contributed by atoms with E-state index < -0.39 is 17.6 Å². The second-order valence-corrected chi connectivity index (χ2v) is 21.1. The number of hydrogen-bond acceptors (Lipinski definition) is 11. The number of nitrogens with one attached hydrogen (secondary N) is 3. The van der Waals surface area contributed by atoms with Crippen molar-refractivity contribution >= 4 is 86.0 Å². The molecule has 0 saturated heterocycles. The fraction of sp³-hybridized carbons (Fsp3) is 0.266. The Bertz CT molecular complexity index is 3420. The predicted molar refractivity (Wildman–Crippen MR) is 319 cm³/mol. The van der Waals surface area contributed by atoms with E-state index in [-0.39, 0.29) is 54.8 Å². The maximum absolute atomic E-state index is 13.6. The zero-order valence-electron chi connectivity index (χ0n) is 46.6. The third-order valence-corrected chi connectivity index (χ3v) is 12.7.